The van der Waals surface area contributed by atoms with Gasteiger partial charge >= 0.3 is 0 Å². The van der Waals surface area contributed by atoms with Crippen molar-refractivity contribution in [2.24, 2.45) is 0 Å². The number of piperidine rings is 1. The van der Waals surface area contributed by atoms with Gasteiger partial charge in [0.05, 0.1) is 22.9 Å². The van der Waals surface area contributed by atoms with Gasteiger partial charge in [0, 0.05) is 23.9 Å². The Bertz CT molecular complexity index is 1050. The van der Waals surface area contributed by atoms with Gasteiger partial charge in [-0.15, -0.1) is 11.3 Å². The largest absolute Gasteiger partial charge is 0.329 e. The van der Waals surface area contributed by atoms with E-state index in [-0.39, 0.29) is 17.5 Å². The molecule has 0 aromatic carbocycles. The van der Waals surface area contributed by atoms with Gasteiger partial charge in [0.2, 0.25) is 0 Å². The van der Waals surface area contributed by atoms with E-state index in [4.69, 9.17) is 0 Å². The minimum atomic E-state index is -0.0919. The number of carbonyl (C=O) groups is 1. The van der Waals surface area contributed by atoms with Crippen molar-refractivity contribution in [2.45, 2.75) is 46.1 Å². The van der Waals surface area contributed by atoms with Crippen molar-refractivity contribution in [1.29, 1.82) is 0 Å². The Morgan fingerprint density at radius 2 is 2.08 bits per heavy atom. The molecule has 8 heteroatoms. The van der Waals surface area contributed by atoms with Crippen molar-refractivity contribution < 1.29 is 4.79 Å². The highest BCUT2D eigenvalue weighted by molar-refractivity contribution is 7.11. The Hall–Kier alpha value is -2.48. The highest BCUT2D eigenvalue weighted by Crippen LogP contribution is 2.32. The first-order chi connectivity index (χ1) is 12.5. The fourth-order valence-electron chi connectivity index (χ4n) is 3.54. The van der Waals surface area contributed by atoms with Crippen molar-refractivity contribution in [2.75, 3.05) is 6.54 Å². The summed E-state index contributed by atoms with van der Waals surface area (Å²) >= 11 is 1.38. The lowest BCUT2D eigenvalue weighted by Gasteiger charge is -2.34. The number of thiazole rings is 1. The molecule has 0 spiro atoms. The van der Waals surface area contributed by atoms with Crippen LogP contribution in [0.2, 0.25) is 0 Å². The van der Waals surface area contributed by atoms with E-state index < -0.39 is 0 Å². The van der Waals surface area contributed by atoms with Crippen LogP contribution < -0.4 is 5.56 Å². The van der Waals surface area contributed by atoms with Crippen LogP contribution in [-0.4, -0.2) is 36.9 Å². The second kappa shape index (κ2) is 6.35. The van der Waals surface area contributed by atoms with Crippen LogP contribution in [0.1, 0.15) is 57.6 Å². The molecule has 0 radical (unpaired) electrons. The standard InChI is InChI=1S/C18H21N5O2S/c1-10-11(2)20-15-8-13(21-23(15)17(10)24)14-6-4-5-7-22(14)18(25)16-12(3)19-9-26-16/h8-9,14,21H,4-7H2,1-3H3/t14-/m0/s1. The number of hydrogen-bond donors (Lipinski definition) is 1. The summed E-state index contributed by atoms with van der Waals surface area (Å²) < 4.78 is 1.48. The predicted molar refractivity (Wildman–Crippen MR) is 99.8 cm³/mol. The lowest BCUT2D eigenvalue weighted by Crippen LogP contribution is -2.38. The number of carbonyl (C=O) groups excluding carboxylic acids is 1. The number of H-pyrrole nitrogens is 1. The number of aromatic nitrogens is 4. The molecule has 3 aromatic heterocycles. The van der Waals surface area contributed by atoms with Crippen LogP contribution in [0.15, 0.2) is 16.4 Å². The summed E-state index contributed by atoms with van der Waals surface area (Å²) in [5.74, 6) is 0.0148. The Kier molecular flexibility index (Phi) is 4.14. The zero-order valence-corrected chi connectivity index (χ0v) is 15.9. The Morgan fingerprint density at radius 1 is 1.27 bits per heavy atom. The summed E-state index contributed by atoms with van der Waals surface area (Å²) in [4.78, 5) is 36.9. The molecule has 0 unspecified atom stereocenters. The maximum atomic E-state index is 13.1. The Labute approximate surface area is 154 Å². The summed E-state index contributed by atoms with van der Waals surface area (Å²) in [6, 6.07) is 1.81. The second-order valence-electron chi connectivity index (χ2n) is 6.81. The van der Waals surface area contributed by atoms with E-state index in [1.165, 1.54) is 15.9 Å². The van der Waals surface area contributed by atoms with Crippen LogP contribution in [0.5, 0.6) is 0 Å². The normalized spacial score (nSPS) is 17.8. The molecule has 4 heterocycles. The third-order valence-corrected chi connectivity index (χ3v) is 6.08. The average molecular weight is 371 g/mol. The maximum absolute atomic E-state index is 13.1. The molecule has 1 amide bonds. The Morgan fingerprint density at radius 3 is 2.81 bits per heavy atom. The average Bonchev–Trinajstić information content (AvgIpc) is 3.25. The van der Waals surface area contributed by atoms with E-state index in [1.807, 2.05) is 24.8 Å². The number of nitrogens with one attached hydrogen (secondary N) is 1. The molecule has 3 aromatic rings. The van der Waals surface area contributed by atoms with Crippen molar-refractivity contribution in [3.63, 3.8) is 0 Å². The van der Waals surface area contributed by atoms with E-state index in [2.05, 4.69) is 15.1 Å². The maximum Gasteiger partial charge on any atom is 0.275 e. The van der Waals surface area contributed by atoms with Crippen LogP contribution in [0.4, 0.5) is 0 Å². The molecule has 1 atom stereocenters. The van der Waals surface area contributed by atoms with Gasteiger partial charge in [-0.2, -0.15) is 0 Å². The van der Waals surface area contributed by atoms with E-state index in [0.29, 0.717) is 22.6 Å². The van der Waals surface area contributed by atoms with Crippen molar-refractivity contribution >= 4 is 22.9 Å². The molecule has 1 saturated heterocycles. The molecule has 7 nitrogen and oxygen atoms in total. The third-order valence-electron chi connectivity index (χ3n) is 5.17. The molecule has 136 valence electrons. The molecule has 1 aliphatic heterocycles. The van der Waals surface area contributed by atoms with Gasteiger partial charge in [-0.3, -0.25) is 14.7 Å². The molecule has 0 saturated carbocycles. The third kappa shape index (κ3) is 2.65. The zero-order chi connectivity index (χ0) is 18.4. The predicted octanol–water partition coefficient (Wildman–Crippen LogP) is 2.77. The van der Waals surface area contributed by atoms with E-state index in [9.17, 15) is 9.59 Å². The number of amides is 1. The van der Waals surface area contributed by atoms with Gasteiger partial charge in [-0.25, -0.2) is 14.5 Å². The molecule has 1 N–H and O–H groups in total. The topological polar surface area (TPSA) is 83.4 Å². The number of aryl methyl sites for hydroxylation is 2. The van der Waals surface area contributed by atoms with Gasteiger partial charge in [0.1, 0.15) is 4.88 Å². The zero-order valence-electron chi connectivity index (χ0n) is 15.1. The highest BCUT2D eigenvalue weighted by atomic mass is 32.1. The summed E-state index contributed by atoms with van der Waals surface area (Å²) in [6.45, 7) is 6.18. The van der Waals surface area contributed by atoms with Crippen LogP contribution in [0.3, 0.4) is 0 Å². The lowest BCUT2D eigenvalue weighted by molar-refractivity contribution is 0.0610. The SMILES string of the molecule is Cc1ncsc1C(=O)N1CCCC[C@H]1c1cc2nc(C)c(C)c(=O)n2[nH]1. The van der Waals surface area contributed by atoms with Crippen molar-refractivity contribution in [1.82, 2.24) is 24.5 Å². The second-order valence-corrected chi connectivity index (χ2v) is 7.66. The fraction of sp³-hybridized carbons (Fsp3) is 0.444. The van der Waals surface area contributed by atoms with Crippen LogP contribution >= 0.6 is 11.3 Å². The molecule has 1 aliphatic rings. The molecule has 0 bridgehead atoms. The summed E-state index contributed by atoms with van der Waals surface area (Å²) in [7, 11) is 0. The molecule has 1 fully saturated rings. The minimum Gasteiger partial charge on any atom is -0.329 e. The Balaban J connectivity index is 1.76. The van der Waals surface area contributed by atoms with Crippen LogP contribution in [0, 0.1) is 20.8 Å². The number of likely N-dealkylation sites (tertiary alicyclic amines) is 1. The number of aromatic amines is 1. The number of nitrogens with zero attached hydrogens (tertiary/aromatic N) is 4. The first-order valence-electron chi connectivity index (χ1n) is 8.77. The van der Waals surface area contributed by atoms with E-state index in [0.717, 1.165) is 36.3 Å². The smallest absolute Gasteiger partial charge is 0.275 e. The summed E-state index contributed by atoms with van der Waals surface area (Å²) in [5.41, 5.74) is 5.20. The quantitative estimate of drug-likeness (QED) is 0.751. The van der Waals surface area contributed by atoms with Gasteiger partial charge in [0.25, 0.3) is 11.5 Å². The highest BCUT2D eigenvalue weighted by Gasteiger charge is 2.31. The molecule has 4 rings (SSSR count). The number of fused-ring (bicyclic) bond motifs is 1. The monoisotopic (exact) mass is 371 g/mol. The fourth-order valence-corrected chi connectivity index (χ4v) is 4.30. The van der Waals surface area contributed by atoms with Gasteiger partial charge in [-0.1, -0.05) is 0 Å². The first kappa shape index (κ1) is 17.0. The minimum absolute atomic E-state index is 0.0148. The first-order valence-corrected chi connectivity index (χ1v) is 9.65. The molecular formula is C18H21N5O2S. The van der Waals surface area contributed by atoms with Crippen LogP contribution in [-0.2, 0) is 0 Å². The van der Waals surface area contributed by atoms with Gasteiger partial charge < -0.3 is 4.90 Å². The number of rotatable bonds is 2. The van der Waals surface area contributed by atoms with E-state index in [1.54, 1.807) is 12.4 Å². The van der Waals surface area contributed by atoms with E-state index >= 15 is 0 Å². The lowest BCUT2D eigenvalue weighted by atomic mass is 9.99. The van der Waals surface area contributed by atoms with Gasteiger partial charge in [0.15, 0.2) is 5.65 Å². The van der Waals surface area contributed by atoms with Crippen molar-refractivity contribution in [3.05, 3.63) is 49.5 Å². The van der Waals surface area contributed by atoms with Crippen LogP contribution in [0.25, 0.3) is 5.65 Å². The van der Waals surface area contributed by atoms with Gasteiger partial charge in [-0.05, 0) is 40.0 Å². The summed E-state index contributed by atoms with van der Waals surface area (Å²) in [5, 5.41) is 3.18. The molecule has 0 aliphatic carbocycles. The molecular weight excluding hydrogens is 350 g/mol. The molecule has 26 heavy (non-hydrogen) atoms. The summed E-state index contributed by atoms with van der Waals surface area (Å²) in [6.07, 6.45) is 2.89. The number of hydrogen-bond acceptors (Lipinski definition) is 5. The van der Waals surface area contributed by atoms with Crippen molar-refractivity contribution in [3.8, 4) is 0 Å².